The van der Waals surface area contributed by atoms with E-state index in [0.717, 1.165) is 0 Å². The van der Waals surface area contributed by atoms with Gasteiger partial charge in [-0.1, -0.05) is 13.8 Å². The van der Waals surface area contributed by atoms with Gasteiger partial charge in [0.1, 0.15) is 5.60 Å². The Morgan fingerprint density at radius 1 is 1.38 bits per heavy atom. The highest BCUT2D eigenvalue weighted by Gasteiger charge is 2.25. The fourth-order valence-corrected chi connectivity index (χ4v) is 1.16. The lowest BCUT2D eigenvalue weighted by atomic mass is 10.0. The molecule has 1 amide bonds. The Bertz CT molecular complexity index is 223. The third-order valence-electron chi connectivity index (χ3n) is 1.99. The van der Waals surface area contributed by atoms with E-state index < -0.39 is 23.8 Å². The molecule has 3 N–H and O–H groups in total. The summed E-state index contributed by atoms with van der Waals surface area (Å²) in [7, 11) is 0. The summed E-state index contributed by atoms with van der Waals surface area (Å²) in [6.45, 7) is 8.55. The van der Waals surface area contributed by atoms with Gasteiger partial charge in [0.25, 0.3) is 0 Å². The molecule has 0 aliphatic rings. The maximum Gasteiger partial charge on any atom is 0.408 e. The Hall–Kier alpha value is -0.810. The summed E-state index contributed by atoms with van der Waals surface area (Å²) in [6, 6.07) is -0.699. The van der Waals surface area contributed by atoms with Crippen LogP contribution in [0.4, 0.5) is 4.79 Å². The van der Waals surface area contributed by atoms with Crippen molar-refractivity contribution in [2.45, 2.75) is 52.4 Å². The summed E-state index contributed by atoms with van der Waals surface area (Å²) in [5, 5.41) is 21.2. The molecule has 0 spiro atoms. The van der Waals surface area contributed by atoms with Crippen LogP contribution in [-0.2, 0) is 4.74 Å². The summed E-state index contributed by atoms with van der Waals surface area (Å²) >= 11 is 0. The van der Waals surface area contributed by atoms with Crippen molar-refractivity contribution in [3.63, 3.8) is 0 Å². The highest BCUT2D eigenvalue weighted by atomic mass is 16.6. The number of nitrogens with one attached hydrogen (secondary N) is 1. The lowest BCUT2D eigenvalue weighted by Crippen LogP contribution is -2.49. The third-order valence-corrected chi connectivity index (χ3v) is 1.99. The fraction of sp³-hybridized carbons (Fsp3) is 0.909. The number of carbonyl (C=O) groups excluding carboxylic acids is 1. The van der Waals surface area contributed by atoms with Crippen molar-refractivity contribution in [2.24, 2.45) is 5.92 Å². The molecule has 0 heterocycles. The summed E-state index contributed by atoms with van der Waals surface area (Å²) in [5.41, 5.74) is -0.590. The number of aliphatic hydroxyl groups excluding tert-OH is 2. The number of rotatable bonds is 4. The molecule has 0 aliphatic heterocycles. The Balaban J connectivity index is 4.28. The number of aliphatic hydroxyl groups is 2. The molecular formula is C11H23NO4. The van der Waals surface area contributed by atoms with Gasteiger partial charge in [0.15, 0.2) is 0 Å². The smallest absolute Gasteiger partial charge is 0.408 e. The number of carbonyl (C=O) groups is 1. The van der Waals surface area contributed by atoms with Gasteiger partial charge in [-0.25, -0.2) is 4.79 Å². The van der Waals surface area contributed by atoms with Crippen LogP contribution in [0.15, 0.2) is 0 Å². The maximum atomic E-state index is 11.4. The second-order valence-corrected chi connectivity index (χ2v) is 5.17. The topological polar surface area (TPSA) is 78.8 Å². The Morgan fingerprint density at radius 2 is 1.88 bits per heavy atom. The number of ether oxygens (including phenoxy) is 1. The van der Waals surface area contributed by atoms with Gasteiger partial charge in [0.05, 0.1) is 18.8 Å². The first-order chi connectivity index (χ1) is 7.17. The highest BCUT2D eigenvalue weighted by molar-refractivity contribution is 5.68. The van der Waals surface area contributed by atoms with E-state index >= 15 is 0 Å². The van der Waals surface area contributed by atoms with Gasteiger partial charge in [0.2, 0.25) is 0 Å². The zero-order chi connectivity index (χ0) is 12.9. The zero-order valence-electron chi connectivity index (χ0n) is 10.7. The molecule has 2 atom stereocenters. The first-order valence-corrected chi connectivity index (χ1v) is 5.46. The molecule has 0 fully saturated rings. The van der Waals surface area contributed by atoms with Gasteiger partial charge in [-0.2, -0.15) is 0 Å². The predicted molar refractivity (Wildman–Crippen MR) is 61.1 cm³/mol. The van der Waals surface area contributed by atoms with Gasteiger partial charge in [-0.15, -0.1) is 0 Å². The Labute approximate surface area is 96.8 Å². The largest absolute Gasteiger partial charge is 0.444 e. The Kier molecular flexibility index (Phi) is 5.75. The van der Waals surface area contributed by atoms with E-state index in [9.17, 15) is 9.90 Å². The van der Waals surface area contributed by atoms with Crippen molar-refractivity contribution in [1.82, 2.24) is 5.32 Å². The highest BCUT2D eigenvalue weighted by Crippen LogP contribution is 2.09. The van der Waals surface area contributed by atoms with Crippen molar-refractivity contribution < 1.29 is 19.7 Å². The zero-order valence-corrected chi connectivity index (χ0v) is 10.7. The molecule has 5 nitrogen and oxygen atoms in total. The molecular weight excluding hydrogens is 210 g/mol. The average molecular weight is 233 g/mol. The SMILES string of the molecule is CC(C)[C@@H](O)[C@@H](CO)NC(=O)OC(C)(C)C. The van der Waals surface area contributed by atoms with Crippen molar-refractivity contribution in [3.05, 3.63) is 0 Å². The van der Waals surface area contributed by atoms with Gasteiger partial charge < -0.3 is 20.3 Å². The van der Waals surface area contributed by atoms with E-state index in [1.165, 1.54) is 0 Å². The van der Waals surface area contributed by atoms with E-state index in [1.807, 2.05) is 13.8 Å². The van der Waals surface area contributed by atoms with Crippen LogP contribution in [0.2, 0.25) is 0 Å². The molecule has 0 rings (SSSR count). The van der Waals surface area contributed by atoms with Crippen LogP contribution in [0, 0.1) is 5.92 Å². The van der Waals surface area contributed by atoms with E-state index in [0.29, 0.717) is 0 Å². The molecule has 0 saturated heterocycles. The quantitative estimate of drug-likeness (QED) is 0.673. The molecule has 16 heavy (non-hydrogen) atoms. The molecule has 0 aromatic carbocycles. The molecule has 0 saturated carbocycles. The molecule has 0 unspecified atom stereocenters. The molecule has 96 valence electrons. The lowest BCUT2D eigenvalue weighted by Gasteiger charge is -2.27. The molecule has 0 aromatic heterocycles. The monoisotopic (exact) mass is 233 g/mol. The van der Waals surface area contributed by atoms with Crippen LogP contribution in [0.3, 0.4) is 0 Å². The van der Waals surface area contributed by atoms with E-state index in [1.54, 1.807) is 20.8 Å². The van der Waals surface area contributed by atoms with Crippen molar-refractivity contribution >= 4 is 6.09 Å². The molecule has 5 heteroatoms. The first kappa shape index (κ1) is 15.2. The number of hydrogen-bond donors (Lipinski definition) is 3. The second kappa shape index (κ2) is 6.06. The van der Waals surface area contributed by atoms with Gasteiger partial charge >= 0.3 is 6.09 Å². The van der Waals surface area contributed by atoms with Crippen LogP contribution in [0.1, 0.15) is 34.6 Å². The number of alkyl carbamates (subject to hydrolysis) is 1. The summed E-state index contributed by atoms with van der Waals surface area (Å²) in [6.07, 6.45) is -1.43. The second-order valence-electron chi connectivity index (χ2n) is 5.17. The van der Waals surface area contributed by atoms with Gasteiger partial charge in [0, 0.05) is 0 Å². The fourth-order valence-electron chi connectivity index (χ4n) is 1.16. The van der Waals surface area contributed by atoms with Crippen LogP contribution in [0.5, 0.6) is 0 Å². The van der Waals surface area contributed by atoms with E-state index in [-0.39, 0.29) is 12.5 Å². The normalized spacial score (nSPS) is 15.8. The van der Waals surface area contributed by atoms with E-state index in [2.05, 4.69) is 5.32 Å². The minimum Gasteiger partial charge on any atom is -0.444 e. The lowest BCUT2D eigenvalue weighted by molar-refractivity contribution is 0.0253. The van der Waals surface area contributed by atoms with Crippen LogP contribution in [-0.4, -0.2) is 40.7 Å². The van der Waals surface area contributed by atoms with Gasteiger partial charge in [-0.05, 0) is 26.7 Å². The standard InChI is InChI=1S/C11H23NO4/c1-7(2)9(14)8(6-13)12-10(15)16-11(3,4)5/h7-9,13-14H,6H2,1-5H3,(H,12,15)/t8-,9-/m1/s1. The van der Waals surface area contributed by atoms with Crippen LogP contribution in [0.25, 0.3) is 0 Å². The minimum absolute atomic E-state index is 0.0490. The van der Waals surface area contributed by atoms with Crippen molar-refractivity contribution in [2.75, 3.05) is 6.61 Å². The predicted octanol–water partition coefficient (Wildman–Crippen LogP) is 0.889. The Morgan fingerprint density at radius 3 is 2.19 bits per heavy atom. The van der Waals surface area contributed by atoms with Crippen LogP contribution >= 0.6 is 0 Å². The number of hydrogen-bond acceptors (Lipinski definition) is 4. The minimum atomic E-state index is -0.794. The maximum absolute atomic E-state index is 11.4. The van der Waals surface area contributed by atoms with Crippen LogP contribution < -0.4 is 5.32 Å². The molecule has 0 aliphatic carbocycles. The molecule has 0 aromatic rings. The molecule has 0 bridgehead atoms. The van der Waals surface area contributed by atoms with Crippen molar-refractivity contribution in [3.8, 4) is 0 Å². The van der Waals surface area contributed by atoms with Gasteiger partial charge in [-0.3, -0.25) is 0 Å². The summed E-state index contributed by atoms with van der Waals surface area (Å²) in [4.78, 5) is 11.4. The van der Waals surface area contributed by atoms with Crippen molar-refractivity contribution in [1.29, 1.82) is 0 Å². The first-order valence-electron chi connectivity index (χ1n) is 5.46. The summed E-state index contributed by atoms with van der Waals surface area (Å²) in [5.74, 6) is -0.0490. The molecule has 0 radical (unpaired) electrons. The summed E-state index contributed by atoms with van der Waals surface area (Å²) < 4.78 is 5.03. The van der Waals surface area contributed by atoms with E-state index in [4.69, 9.17) is 9.84 Å². The number of amides is 1. The average Bonchev–Trinajstić information content (AvgIpc) is 2.09. The third kappa shape index (κ3) is 5.92.